The van der Waals surface area contributed by atoms with Gasteiger partial charge in [-0.1, -0.05) is 44.1 Å². The first-order valence-corrected chi connectivity index (χ1v) is 8.36. The zero-order valence-corrected chi connectivity index (χ0v) is 15.3. The van der Waals surface area contributed by atoms with Crippen LogP contribution in [0.1, 0.15) is 59.6 Å². The maximum atomic E-state index is 12.3. The molecule has 6 nitrogen and oxygen atoms in total. The van der Waals surface area contributed by atoms with Crippen molar-refractivity contribution in [2.75, 3.05) is 11.9 Å². The maximum Gasteiger partial charge on any atom is 0.344 e. The van der Waals surface area contributed by atoms with Gasteiger partial charge in [-0.15, -0.1) is 0 Å². The Balaban J connectivity index is 2.04. The lowest BCUT2D eigenvalue weighted by molar-refractivity contribution is -0.119. The summed E-state index contributed by atoms with van der Waals surface area (Å²) >= 11 is 0. The van der Waals surface area contributed by atoms with Gasteiger partial charge < -0.3 is 14.6 Å². The van der Waals surface area contributed by atoms with Crippen LogP contribution in [0, 0.1) is 13.8 Å². The molecule has 0 atom stereocenters. The minimum Gasteiger partial charge on any atom is -0.452 e. The molecule has 0 saturated heterocycles. The number of nitrogens with zero attached hydrogens (tertiary/aromatic N) is 1. The molecule has 1 aromatic carbocycles. The summed E-state index contributed by atoms with van der Waals surface area (Å²) in [6.07, 6.45) is 0.800. The molecular formula is C19H24N2O4. The minimum absolute atomic E-state index is 0.00310. The van der Waals surface area contributed by atoms with Crippen LogP contribution < -0.4 is 5.32 Å². The summed E-state index contributed by atoms with van der Waals surface area (Å²) in [6, 6.07) is 5.84. The second kappa shape index (κ2) is 7.96. The van der Waals surface area contributed by atoms with Crippen LogP contribution in [-0.4, -0.2) is 23.6 Å². The number of aryl methyl sites for hydroxylation is 3. The number of benzene rings is 1. The van der Waals surface area contributed by atoms with Crippen molar-refractivity contribution in [3.05, 3.63) is 46.3 Å². The standard InChI is InChI=1S/C19H24N2O4/c1-6-14-9-7-8-12(4)17(14)20-15(22)10-24-19(23)16-13(5)21-25-18(16)11(2)3/h7-9,11H,6,10H2,1-5H3,(H,20,22). The van der Waals surface area contributed by atoms with Gasteiger partial charge in [0.2, 0.25) is 0 Å². The van der Waals surface area contributed by atoms with E-state index in [0.717, 1.165) is 23.2 Å². The Morgan fingerprint density at radius 1 is 1.28 bits per heavy atom. The maximum absolute atomic E-state index is 12.3. The number of hydrogen-bond donors (Lipinski definition) is 1. The molecular weight excluding hydrogens is 320 g/mol. The molecule has 0 radical (unpaired) electrons. The van der Waals surface area contributed by atoms with Gasteiger partial charge in [-0.2, -0.15) is 0 Å². The number of para-hydroxylation sites is 1. The molecule has 0 saturated carbocycles. The molecule has 1 heterocycles. The zero-order chi connectivity index (χ0) is 18.6. The smallest absolute Gasteiger partial charge is 0.344 e. The number of carbonyl (C=O) groups excluding carboxylic acids is 2. The molecule has 25 heavy (non-hydrogen) atoms. The third kappa shape index (κ3) is 4.26. The van der Waals surface area contributed by atoms with Gasteiger partial charge in [0.05, 0.1) is 5.69 Å². The zero-order valence-electron chi connectivity index (χ0n) is 15.3. The largest absolute Gasteiger partial charge is 0.452 e. The highest BCUT2D eigenvalue weighted by molar-refractivity contribution is 5.97. The first-order valence-electron chi connectivity index (χ1n) is 8.36. The first-order chi connectivity index (χ1) is 11.8. The van der Waals surface area contributed by atoms with Gasteiger partial charge in [-0.3, -0.25) is 4.79 Å². The lowest BCUT2D eigenvalue weighted by atomic mass is 10.1. The van der Waals surface area contributed by atoms with Crippen molar-refractivity contribution < 1.29 is 18.8 Å². The Morgan fingerprint density at radius 3 is 2.64 bits per heavy atom. The van der Waals surface area contributed by atoms with Crippen molar-refractivity contribution >= 4 is 17.6 Å². The number of ether oxygens (including phenoxy) is 1. The fourth-order valence-electron chi connectivity index (χ4n) is 2.61. The predicted octanol–water partition coefficient (Wildman–Crippen LogP) is 3.77. The molecule has 2 aromatic rings. The minimum atomic E-state index is -0.599. The van der Waals surface area contributed by atoms with E-state index in [1.54, 1.807) is 6.92 Å². The van der Waals surface area contributed by atoms with Crippen LogP contribution in [0.2, 0.25) is 0 Å². The monoisotopic (exact) mass is 344 g/mol. The Hall–Kier alpha value is -2.63. The highest BCUT2D eigenvalue weighted by Gasteiger charge is 2.24. The summed E-state index contributed by atoms with van der Waals surface area (Å²) < 4.78 is 10.3. The van der Waals surface area contributed by atoms with E-state index in [1.807, 2.05) is 45.9 Å². The summed E-state index contributed by atoms with van der Waals surface area (Å²) in [5, 5.41) is 6.64. The average molecular weight is 344 g/mol. The summed E-state index contributed by atoms with van der Waals surface area (Å²) in [6.45, 7) is 9.05. The van der Waals surface area contributed by atoms with Crippen LogP contribution in [0.15, 0.2) is 22.7 Å². The molecule has 0 bridgehead atoms. The van der Waals surface area contributed by atoms with Crippen molar-refractivity contribution in [3.8, 4) is 0 Å². The lowest BCUT2D eigenvalue weighted by Gasteiger charge is -2.13. The fraction of sp³-hybridized carbons (Fsp3) is 0.421. The molecule has 1 amide bonds. The Labute approximate surface area is 147 Å². The van der Waals surface area contributed by atoms with Crippen LogP contribution in [0.4, 0.5) is 5.69 Å². The number of nitrogens with one attached hydrogen (secondary N) is 1. The van der Waals surface area contributed by atoms with Crippen LogP contribution in [0.3, 0.4) is 0 Å². The number of esters is 1. The molecule has 0 aliphatic heterocycles. The second-order valence-electron chi connectivity index (χ2n) is 6.25. The normalized spacial score (nSPS) is 10.8. The number of aromatic nitrogens is 1. The molecule has 0 aliphatic carbocycles. The van der Waals surface area contributed by atoms with Gasteiger partial charge in [-0.05, 0) is 31.4 Å². The topological polar surface area (TPSA) is 81.4 Å². The van der Waals surface area contributed by atoms with Gasteiger partial charge >= 0.3 is 5.97 Å². The molecule has 0 unspecified atom stereocenters. The van der Waals surface area contributed by atoms with Crippen molar-refractivity contribution in [2.24, 2.45) is 0 Å². The van der Waals surface area contributed by atoms with E-state index in [4.69, 9.17) is 9.26 Å². The SMILES string of the molecule is CCc1cccc(C)c1NC(=O)COC(=O)c1c(C)noc1C(C)C. The average Bonchev–Trinajstić information content (AvgIpc) is 2.96. The van der Waals surface area contributed by atoms with Crippen LogP contribution in [0.5, 0.6) is 0 Å². The van der Waals surface area contributed by atoms with Crippen molar-refractivity contribution in [2.45, 2.75) is 47.0 Å². The van der Waals surface area contributed by atoms with E-state index >= 15 is 0 Å². The molecule has 0 fully saturated rings. The molecule has 6 heteroatoms. The van der Waals surface area contributed by atoms with E-state index in [1.165, 1.54) is 0 Å². The Morgan fingerprint density at radius 2 is 2.00 bits per heavy atom. The van der Waals surface area contributed by atoms with Crippen molar-refractivity contribution in [1.82, 2.24) is 5.16 Å². The Kier molecular flexibility index (Phi) is 5.96. The summed E-state index contributed by atoms with van der Waals surface area (Å²) in [7, 11) is 0. The number of amides is 1. The van der Waals surface area contributed by atoms with E-state index in [9.17, 15) is 9.59 Å². The van der Waals surface area contributed by atoms with Crippen molar-refractivity contribution in [1.29, 1.82) is 0 Å². The van der Waals surface area contributed by atoms with Gasteiger partial charge in [0, 0.05) is 11.6 Å². The third-order valence-electron chi connectivity index (χ3n) is 3.96. The summed E-state index contributed by atoms with van der Waals surface area (Å²) in [4.78, 5) is 24.5. The quantitative estimate of drug-likeness (QED) is 0.807. The van der Waals surface area contributed by atoms with Crippen LogP contribution >= 0.6 is 0 Å². The first kappa shape index (κ1) is 18.7. The second-order valence-corrected chi connectivity index (χ2v) is 6.25. The van der Waals surface area contributed by atoms with Gasteiger partial charge in [0.15, 0.2) is 12.4 Å². The molecule has 0 spiro atoms. The molecule has 1 N–H and O–H groups in total. The summed E-state index contributed by atoms with van der Waals surface area (Å²) in [5.41, 5.74) is 3.54. The fourth-order valence-corrected chi connectivity index (χ4v) is 2.61. The van der Waals surface area contributed by atoms with Crippen LogP contribution in [0.25, 0.3) is 0 Å². The molecule has 0 aliphatic rings. The van der Waals surface area contributed by atoms with E-state index in [2.05, 4.69) is 10.5 Å². The van der Waals surface area contributed by atoms with E-state index in [0.29, 0.717) is 17.0 Å². The predicted molar refractivity (Wildman–Crippen MR) is 94.8 cm³/mol. The van der Waals surface area contributed by atoms with Gasteiger partial charge in [0.25, 0.3) is 5.91 Å². The van der Waals surface area contributed by atoms with Crippen molar-refractivity contribution in [3.63, 3.8) is 0 Å². The number of carbonyl (C=O) groups is 2. The van der Waals surface area contributed by atoms with Gasteiger partial charge in [0.1, 0.15) is 5.56 Å². The highest BCUT2D eigenvalue weighted by atomic mass is 16.5. The van der Waals surface area contributed by atoms with Gasteiger partial charge in [-0.25, -0.2) is 4.79 Å². The molecule has 1 aromatic heterocycles. The lowest BCUT2D eigenvalue weighted by Crippen LogP contribution is -2.22. The van der Waals surface area contributed by atoms with Crippen LogP contribution in [-0.2, 0) is 16.0 Å². The number of rotatable bonds is 6. The van der Waals surface area contributed by atoms with E-state index < -0.39 is 5.97 Å². The van der Waals surface area contributed by atoms with E-state index in [-0.39, 0.29) is 18.4 Å². The third-order valence-corrected chi connectivity index (χ3v) is 3.96. The number of hydrogen-bond acceptors (Lipinski definition) is 5. The molecule has 134 valence electrons. The highest BCUT2D eigenvalue weighted by Crippen LogP contribution is 2.23. The summed E-state index contributed by atoms with van der Waals surface area (Å²) in [5.74, 6) is -0.512. The molecule has 2 rings (SSSR count). The number of anilines is 1. The Bertz CT molecular complexity index is 778.